The fourth-order valence-electron chi connectivity index (χ4n) is 1.42. The number of hydrogen-bond acceptors (Lipinski definition) is 3. The Labute approximate surface area is 95.4 Å². The molecule has 0 bridgehead atoms. The van der Waals surface area contributed by atoms with Crippen LogP contribution >= 0.6 is 0 Å². The molecule has 1 unspecified atom stereocenters. The fraction of sp³-hybridized carbons (Fsp3) is 0.385. The average molecular weight is 220 g/mol. The number of ketones is 1. The van der Waals surface area contributed by atoms with E-state index >= 15 is 0 Å². The van der Waals surface area contributed by atoms with Crippen LogP contribution in [0.2, 0.25) is 0 Å². The zero-order valence-corrected chi connectivity index (χ0v) is 9.82. The molecular weight excluding hydrogens is 204 g/mol. The van der Waals surface area contributed by atoms with E-state index in [9.17, 15) is 9.59 Å². The van der Waals surface area contributed by atoms with Crippen molar-refractivity contribution in [1.82, 2.24) is 0 Å². The van der Waals surface area contributed by atoms with Crippen LogP contribution in [-0.2, 0) is 9.53 Å². The number of benzene rings is 1. The normalized spacial score (nSPS) is 11.9. The summed E-state index contributed by atoms with van der Waals surface area (Å²) in [5.74, 6) is -1.39. The van der Waals surface area contributed by atoms with Crippen molar-refractivity contribution in [3.63, 3.8) is 0 Å². The van der Waals surface area contributed by atoms with Gasteiger partial charge < -0.3 is 4.74 Å². The van der Waals surface area contributed by atoms with Crippen molar-refractivity contribution in [2.75, 3.05) is 6.61 Å². The van der Waals surface area contributed by atoms with Gasteiger partial charge in [-0.3, -0.25) is 9.59 Å². The molecule has 86 valence electrons. The lowest BCUT2D eigenvalue weighted by atomic mass is 9.98. The predicted octanol–water partition coefficient (Wildman–Crippen LogP) is 2.38. The molecule has 0 N–H and O–H groups in total. The Bertz CT molecular complexity index is 396. The van der Waals surface area contributed by atoms with Gasteiger partial charge in [0.15, 0.2) is 5.78 Å². The summed E-state index contributed by atoms with van der Waals surface area (Å²) in [7, 11) is 0. The van der Waals surface area contributed by atoms with E-state index in [0.29, 0.717) is 12.2 Å². The van der Waals surface area contributed by atoms with Gasteiger partial charge in [-0.2, -0.15) is 0 Å². The van der Waals surface area contributed by atoms with Crippen LogP contribution in [-0.4, -0.2) is 18.4 Å². The van der Waals surface area contributed by atoms with Crippen LogP contribution in [0.1, 0.15) is 29.8 Å². The highest BCUT2D eigenvalue weighted by Gasteiger charge is 2.23. The summed E-state index contributed by atoms with van der Waals surface area (Å²) in [6, 6.07) is 7.20. The molecule has 0 saturated heterocycles. The summed E-state index contributed by atoms with van der Waals surface area (Å²) in [5.41, 5.74) is 1.56. The first-order valence-corrected chi connectivity index (χ1v) is 5.33. The number of Topliss-reactive ketones (excluding diaryl/α,β-unsaturated/α-hetero) is 1. The Kier molecular flexibility index (Phi) is 4.23. The monoisotopic (exact) mass is 220 g/mol. The molecule has 1 aromatic carbocycles. The summed E-state index contributed by atoms with van der Waals surface area (Å²) in [5, 5.41) is 0. The second-order valence-electron chi connectivity index (χ2n) is 3.71. The molecule has 3 nitrogen and oxygen atoms in total. The van der Waals surface area contributed by atoms with Crippen molar-refractivity contribution in [2.45, 2.75) is 20.8 Å². The van der Waals surface area contributed by atoms with Crippen molar-refractivity contribution in [2.24, 2.45) is 5.92 Å². The highest BCUT2D eigenvalue weighted by atomic mass is 16.5. The highest BCUT2D eigenvalue weighted by molar-refractivity contribution is 6.08. The third-order valence-corrected chi connectivity index (χ3v) is 2.34. The van der Waals surface area contributed by atoms with Crippen molar-refractivity contribution in [3.8, 4) is 0 Å². The number of rotatable bonds is 4. The Morgan fingerprint density at radius 3 is 2.62 bits per heavy atom. The van der Waals surface area contributed by atoms with Crippen LogP contribution in [0.5, 0.6) is 0 Å². The third-order valence-electron chi connectivity index (χ3n) is 2.34. The van der Waals surface area contributed by atoms with Crippen molar-refractivity contribution < 1.29 is 14.3 Å². The molecule has 0 aliphatic carbocycles. The van der Waals surface area contributed by atoms with Crippen molar-refractivity contribution in [3.05, 3.63) is 35.4 Å². The van der Waals surface area contributed by atoms with Crippen LogP contribution in [0.4, 0.5) is 0 Å². The Balaban J connectivity index is 2.82. The van der Waals surface area contributed by atoms with Gasteiger partial charge in [0.05, 0.1) is 6.61 Å². The molecule has 0 aliphatic rings. The van der Waals surface area contributed by atoms with E-state index in [0.717, 1.165) is 5.56 Å². The Morgan fingerprint density at radius 1 is 1.38 bits per heavy atom. The molecular formula is C13H16O3. The van der Waals surface area contributed by atoms with Crippen LogP contribution in [0, 0.1) is 12.8 Å². The topological polar surface area (TPSA) is 43.4 Å². The molecule has 16 heavy (non-hydrogen) atoms. The van der Waals surface area contributed by atoms with Gasteiger partial charge in [0.1, 0.15) is 5.92 Å². The van der Waals surface area contributed by atoms with Gasteiger partial charge in [-0.1, -0.05) is 23.8 Å². The van der Waals surface area contributed by atoms with Gasteiger partial charge >= 0.3 is 5.97 Å². The number of aryl methyl sites for hydroxylation is 1. The summed E-state index contributed by atoms with van der Waals surface area (Å²) in [4.78, 5) is 23.3. The average Bonchev–Trinajstić information content (AvgIpc) is 2.27. The maximum atomic E-state index is 11.9. The van der Waals surface area contributed by atoms with E-state index in [2.05, 4.69) is 0 Å². The molecule has 0 fully saturated rings. The van der Waals surface area contributed by atoms with Gasteiger partial charge in [-0.05, 0) is 26.8 Å². The second kappa shape index (κ2) is 5.45. The van der Waals surface area contributed by atoms with Gasteiger partial charge in [-0.25, -0.2) is 0 Å². The Hall–Kier alpha value is -1.64. The number of hydrogen-bond donors (Lipinski definition) is 0. The number of esters is 1. The summed E-state index contributed by atoms with van der Waals surface area (Å²) >= 11 is 0. The second-order valence-corrected chi connectivity index (χ2v) is 3.71. The molecule has 1 atom stereocenters. The minimum atomic E-state index is -0.734. The smallest absolute Gasteiger partial charge is 0.316 e. The fourth-order valence-corrected chi connectivity index (χ4v) is 1.42. The zero-order valence-electron chi connectivity index (χ0n) is 9.82. The summed E-state index contributed by atoms with van der Waals surface area (Å²) in [6.07, 6.45) is 0. The minimum Gasteiger partial charge on any atom is -0.465 e. The van der Waals surface area contributed by atoms with E-state index in [4.69, 9.17) is 4.74 Å². The van der Waals surface area contributed by atoms with Crippen LogP contribution < -0.4 is 0 Å². The number of ether oxygens (including phenoxy) is 1. The summed E-state index contributed by atoms with van der Waals surface area (Å²) in [6.45, 7) is 5.50. The van der Waals surface area contributed by atoms with E-state index < -0.39 is 11.9 Å². The first kappa shape index (κ1) is 12.4. The molecule has 0 heterocycles. The van der Waals surface area contributed by atoms with Gasteiger partial charge in [0.2, 0.25) is 0 Å². The minimum absolute atomic E-state index is 0.192. The molecule has 0 amide bonds. The zero-order chi connectivity index (χ0) is 12.1. The van der Waals surface area contributed by atoms with Crippen LogP contribution in [0.15, 0.2) is 24.3 Å². The van der Waals surface area contributed by atoms with E-state index in [1.807, 2.05) is 13.0 Å². The molecule has 1 rings (SSSR count). The summed E-state index contributed by atoms with van der Waals surface area (Å²) < 4.78 is 4.82. The molecule has 0 aromatic heterocycles. The van der Waals surface area contributed by atoms with Gasteiger partial charge in [0, 0.05) is 5.56 Å². The number of carbonyl (C=O) groups excluding carboxylic acids is 2. The first-order chi connectivity index (χ1) is 7.56. The van der Waals surface area contributed by atoms with Crippen LogP contribution in [0.3, 0.4) is 0 Å². The Morgan fingerprint density at radius 2 is 2.06 bits per heavy atom. The molecule has 0 radical (unpaired) electrons. The lowest BCUT2D eigenvalue weighted by Crippen LogP contribution is -2.23. The highest BCUT2D eigenvalue weighted by Crippen LogP contribution is 2.12. The molecule has 0 spiro atoms. The van der Waals surface area contributed by atoms with Crippen LogP contribution in [0.25, 0.3) is 0 Å². The van der Waals surface area contributed by atoms with E-state index in [-0.39, 0.29) is 5.78 Å². The molecule has 1 aromatic rings. The SMILES string of the molecule is CCOC(=O)C(C)C(=O)c1cccc(C)c1. The lowest BCUT2D eigenvalue weighted by Gasteiger charge is -2.09. The number of carbonyl (C=O) groups is 2. The standard InChI is InChI=1S/C13H16O3/c1-4-16-13(15)10(3)12(14)11-7-5-6-9(2)8-11/h5-8,10H,4H2,1-3H3. The molecule has 0 aliphatic heterocycles. The quantitative estimate of drug-likeness (QED) is 0.444. The predicted molar refractivity (Wildman–Crippen MR) is 61.3 cm³/mol. The van der Waals surface area contributed by atoms with Gasteiger partial charge in [0.25, 0.3) is 0 Å². The lowest BCUT2D eigenvalue weighted by molar-refractivity contribution is -0.145. The molecule has 0 saturated carbocycles. The maximum absolute atomic E-state index is 11.9. The largest absolute Gasteiger partial charge is 0.465 e. The van der Waals surface area contributed by atoms with Gasteiger partial charge in [-0.15, -0.1) is 0 Å². The van der Waals surface area contributed by atoms with E-state index in [1.165, 1.54) is 0 Å². The first-order valence-electron chi connectivity index (χ1n) is 5.33. The van der Waals surface area contributed by atoms with E-state index in [1.54, 1.807) is 32.0 Å². The molecule has 3 heteroatoms. The van der Waals surface area contributed by atoms with Crippen molar-refractivity contribution >= 4 is 11.8 Å². The maximum Gasteiger partial charge on any atom is 0.316 e. The third kappa shape index (κ3) is 2.92. The van der Waals surface area contributed by atoms with Crippen molar-refractivity contribution in [1.29, 1.82) is 0 Å².